The highest BCUT2D eigenvalue weighted by Gasteiger charge is 2.20. The predicted molar refractivity (Wildman–Crippen MR) is 121 cm³/mol. The Labute approximate surface area is 179 Å². The quantitative estimate of drug-likeness (QED) is 0.145. The minimum Gasteiger partial charge on any atom is -0.623 e. The number of carbonyl (C=O) groups excluding carboxylic acids is 1. The molecule has 0 saturated heterocycles. The SMILES string of the molecule is CC(C)(C)/[N+]([O-])=C/c1ccc2nc3ccc(C(=O)NC(CS)C(=O)O)cc3cc2c1. The highest BCUT2D eigenvalue weighted by molar-refractivity contribution is 7.80. The van der Waals surface area contributed by atoms with Gasteiger partial charge in [-0.25, -0.2) is 14.5 Å². The predicted octanol–water partition coefficient (Wildman–Crippen LogP) is 3.23. The second-order valence-corrected chi connectivity index (χ2v) is 8.39. The number of amides is 1. The van der Waals surface area contributed by atoms with Crippen LogP contribution in [0.4, 0.5) is 0 Å². The van der Waals surface area contributed by atoms with Gasteiger partial charge in [0.05, 0.1) is 11.0 Å². The maximum Gasteiger partial charge on any atom is 0.327 e. The number of carboxylic acid groups (broad SMARTS) is 1. The molecular formula is C22H23N3O4S. The van der Waals surface area contributed by atoms with E-state index in [1.165, 1.54) is 6.21 Å². The Bertz CT molecular complexity index is 1170. The van der Waals surface area contributed by atoms with Crippen LogP contribution in [0, 0.1) is 5.21 Å². The van der Waals surface area contributed by atoms with Gasteiger partial charge in [0.25, 0.3) is 5.91 Å². The molecule has 1 aromatic heterocycles. The van der Waals surface area contributed by atoms with Crippen molar-refractivity contribution in [3.63, 3.8) is 0 Å². The van der Waals surface area contributed by atoms with Crippen molar-refractivity contribution < 1.29 is 19.4 Å². The van der Waals surface area contributed by atoms with E-state index in [0.29, 0.717) is 11.1 Å². The number of fused-ring (bicyclic) bond motifs is 2. The van der Waals surface area contributed by atoms with Gasteiger partial charge in [0.15, 0.2) is 11.8 Å². The lowest BCUT2D eigenvalue weighted by atomic mass is 10.1. The molecule has 156 valence electrons. The molecule has 1 amide bonds. The van der Waals surface area contributed by atoms with Crippen LogP contribution in [0.1, 0.15) is 36.7 Å². The molecule has 0 spiro atoms. The summed E-state index contributed by atoms with van der Waals surface area (Å²) in [4.78, 5) is 28.2. The average Bonchev–Trinajstić information content (AvgIpc) is 2.68. The van der Waals surface area contributed by atoms with Crippen molar-refractivity contribution in [2.45, 2.75) is 32.4 Å². The number of carbonyl (C=O) groups is 2. The summed E-state index contributed by atoms with van der Waals surface area (Å²) < 4.78 is 0.908. The van der Waals surface area contributed by atoms with Gasteiger partial charge in [-0.05, 0) is 42.5 Å². The zero-order valence-electron chi connectivity index (χ0n) is 16.9. The third-order valence-electron chi connectivity index (χ3n) is 4.61. The van der Waals surface area contributed by atoms with E-state index in [1.54, 1.807) is 18.2 Å². The highest BCUT2D eigenvalue weighted by Crippen LogP contribution is 2.22. The second-order valence-electron chi connectivity index (χ2n) is 8.02. The first-order chi connectivity index (χ1) is 14.1. The number of hydrogen-bond donors (Lipinski definition) is 3. The number of aromatic nitrogens is 1. The van der Waals surface area contributed by atoms with Crippen molar-refractivity contribution in [3.8, 4) is 0 Å². The van der Waals surface area contributed by atoms with Crippen molar-refractivity contribution in [2.75, 3.05) is 5.75 Å². The van der Waals surface area contributed by atoms with E-state index < -0.39 is 23.5 Å². The second kappa shape index (κ2) is 8.31. The zero-order valence-corrected chi connectivity index (χ0v) is 17.8. The summed E-state index contributed by atoms with van der Waals surface area (Å²) in [6, 6.07) is 11.4. The van der Waals surface area contributed by atoms with E-state index >= 15 is 0 Å². The molecule has 0 fully saturated rings. The topological polar surface area (TPSA) is 105 Å². The summed E-state index contributed by atoms with van der Waals surface area (Å²) in [7, 11) is 0. The van der Waals surface area contributed by atoms with Gasteiger partial charge in [-0.2, -0.15) is 12.6 Å². The summed E-state index contributed by atoms with van der Waals surface area (Å²) in [5.74, 6) is -1.64. The Hall–Kier alpha value is -3.13. The number of hydroxylamine groups is 1. The van der Waals surface area contributed by atoms with Crippen LogP contribution < -0.4 is 5.32 Å². The standard InChI is InChI=1S/C22H23N3O4S/c1-22(2,3)25(29)11-13-4-6-17-15(8-13)10-16-9-14(5-7-18(16)23-17)20(26)24-19(12-30)21(27)28/h4-11,19,30H,12H2,1-3H3,(H,24,26)(H,27,28)/b25-11-. The summed E-state index contributed by atoms with van der Waals surface area (Å²) in [6.07, 6.45) is 1.54. The van der Waals surface area contributed by atoms with Gasteiger partial charge in [-0.3, -0.25) is 4.79 Å². The first-order valence-electron chi connectivity index (χ1n) is 9.39. The Morgan fingerprint density at radius 3 is 2.40 bits per heavy atom. The molecule has 3 rings (SSSR count). The van der Waals surface area contributed by atoms with Crippen LogP contribution in [0.5, 0.6) is 0 Å². The van der Waals surface area contributed by atoms with Gasteiger partial charge in [-0.15, -0.1) is 0 Å². The Morgan fingerprint density at radius 1 is 1.17 bits per heavy atom. The molecule has 2 aromatic carbocycles. The van der Waals surface area contributed by atoms with Gasteiger partial charge in [0, 0.05) is 48.4 Å². The minimum atomic E-state index is -1.14. The van der Waals surface area contributed by atoms with Gasteiger partial charge < -0.3 is 15.6 Å². The molecule has 0 saturated carbocycles. The molecule has 0 radical (unpaired) electrons. The zero-order chi connectivity index (χ0) is 22.1. The third kappa shape index (κ3) is 4.71. The van der Waals surface area contributed by atoms with Crippen LogP contribution in [0.3, 0.4) is 0 Å². The maximum absolute atomic E-state index is 12.4. The highest BCUT2D eigenvalue weighted by atomic mass is 32.1. The largest absolute Gasteiger partial charge is 0.623 e. The number of pyridine rings is 1. The van der Waals surface area contributed by atoms with E-state index in [9.17, 15) is 14.8 Å². The van der Waals surface area contributed by atoms with Crippen molar-refractivity contribution in [1.82, 2.24) is 10.3 Å². The van der Waals surface area contributed by atoms with E-state index in [2.05, 4.69) is 22.9 Å². The van der Waals surface area contributed by atoms with Gasteiger partial charge in [0.1, 0.15) is 6.04 Å². The van der Waals surface area contributed by atoms with Crippen molar-refractivity contribution >= 4 is 52.5 Å². The monoisotopic (exact) mass is 425 g/mol. The fourth-order valence-electron chi connectivity index (χ4n) is 2.84. The molecule has 7 nitrogen and oxygen atoms in total. The number of benzene rings is 2. The van der Waals surface area contributed by atoms with Crippen LogP contribution >= 0.6 is 12.6 Å². The lowest BCUT2D eigenvalue weighted by molar-refractivity contribution is -0.530. The van der Waals surface area contributed by atoms with Crippen molar-refractivity contribution in [2.24, 2.45) is 0 Å². The molecule has 0 bridgehead atoms. The Morgan fingerprint density at radius 2 is 1.80 bits per heavy atom. The van der Waals surface area contributed by atoms with Gasteiger partial charge >= 0.3 is 5.97 Å². The lowest BCUT2D eigenvalue weighted by Crippen LogP contribution is -2.42. The Kier molecular flexibility index (Phi) is 5.98. The first-order valence-corrected chi connectivity index (χ1v) is 10.0. The molecule has 1 unspecified atom stereocenters. The number of rotatable bonds is 5. The molecule has 0 aliphatic rings. The van der Waals surface area contributed by atoms with Crippen LogP contribution in [0.25, 0.3) is 21.8 Å². The van der Waals surface area contributed by atoms with Crippen LogP contribution in [-0.4, -0.2) is 50.3 Å². The number of hydrogen-bond acceptors (Lipinski definition) is 5. The van der Waals surface area contributed by atoms with Crippen molar-refractivity contribution in [1.29, 1.82) is 0 Å². The molecule has 30 heavy (non-hydrogen) atoms. The summed E-state index contributed by atoms with van der Waals surface area (Å²) in [5, 5.41) is 25.3. The molecule has 3 aromatic rings. The average molecular weight is 426 g/mol. The van der Waals surface area contributed by atoms with Crippen LogP contribution in [-0.2, 0) is 4.79 Å². The lowest BCUT2D eigenvalue weighted by Gasteiger charge is -2.18. The van der Waals surface area contributed by atoms with Crippen LogP contribution in [0.2, 0.25) is 0 Å². The number of nitrogens with zero attached hydrogens (tertiary/aromatic N) is 2. The van der Waals surface area contributed by atoms with Crippen molar-refractivity contribution in [3.05, 3.63) is 58.8 Å². The van der Waals surface area contributed by atoms with E-state index in [-0.39, 0.29) is 5.75 Å². The number of carboxylic acids is 1. The fourth-order valence-corrected chi connectivity index (χ4v) is 3.08. The Balaban J connectivity index is 1.99. The molecule has 8 heteroatoms. The normalized spacial score (nSPS) is 13.4. The molecular weight excluding hydrogens is 402 g/mol. The third-order valence-corrected chi connectivity index (χ3v) is 4.97. The molecule has 2 N–H and O–H groups in total. The molecule has 1 heterocycles. The molecule has 0 aliphatic heterocycles. The summed E-state index contributed by atoms with van der Waals surface area (Å²) in [6.45, 7) is 5.51. The molecule has 1 atom stereocenters. The summed E-state index contributed by atoms with van der Waals surface area (Å²) >= 11 is 3.96. The minimum absolute atomic E-state index is 0.00851. The maximum atomic E-state index is 12.4. The van der Waals surface area contributed by atoms with E-state index in [0.717, 1.165) is 26.6 Å². The first kappa shape index (κ1) is 21.6. The summed E-state index contributed by atoms with van der Waals surface area (Å²) in [5.41, 5.74) is 2.02. The number of thiol groups is 1. The number of nitrogens with one attached hydrogen (secondary N) is 1. The van der Waals surface area contributed by atoms with Gasteiger partial charge in [-0.1, -0.05) is 0 Å². The van der Waals surface area contributed by atoms with Gasteiger partial charge in [0.2, 0.25) is 0 Å². The smallest absolute Gasteiger partial charge is 0.327 e. The van der Waals surface area contributed by atoms with E-state index in [4.69, 9.17) is 5.11 Å². The number of aliphatic carboxylic acids is 1. The molecule has 0 aliphatic carbocycles. The van der Waals surface area contributed by atoms with E-state index in [1.807, 2.05) is 45.0 Å². The fraction of sp³-hybridized carbons (Fsp3) is 0.273. The van der Waals surface area contributed by atoms with Crippen LogP contribution in [0.15, 0.2) is 42.5 Å².